The molecule has 162 valence electrons. The first-order valence-corrected chi connectivity index (χ1v) is 10.7. The Balaban J connectivity index is 1.69. The van der Waals surface area contributed by atoms with E-state index in [2.05, 4.69) is 21.8 Å². The van der Waals surface area contributed by atoms with E-state index >= 15 is 0 Å². The van der Waals surface area contributed by atoms with Crippen LogP contribution in [0, 0.1) is 5.82 Å². The number of anilines is 1. The van der Waals surface area contributed by atoms with Crippen molar-refractivity contribution in [3.8, 4) is 5.75 Å². The molecule has 1 aromatic heterocycles. The molecule has 9 heteroatoms. The smallest absolute Gasteiger partial charge is 0.280 e. The molecule has 0 saturated heterocycles. The van der Waals surface area contributed by atoms with Crippen LogP contribution in [0.2, 0.25) is 0 Å². The lowest BCUT2D eigenvalue weighted by atomic mass is 10.2. The van der Waals surface area contributed by atoms with E-state index in [0.29, 0.717) is 18.0 Å². The minimum atomic E-state index is -0.426. The quantitative estimate of drug-likeness (QED) is 0.483. The molecule has 2 aromatic carbocycles. The van der Waals surface area contributed by atoms with E-state index in [9.17, 15) is 14.0 Å². The third kappa shape index (κ3) is 6.58. The molecular formula is C22H23FN4O3S. The van der Waals surface area contributed by atoms with Crippen molar-refractivity contribution in [1.82, 2.24) is 14.9 Å². The number of ether oxygens (including phenoxy) is 1. The molecule has 0 saturated carbocycles. The van der Waals surface area contributed by atoms with Crippen LogP contribution in [0.25, 0.3) is 0 Å². The highest BCUT2D eigenvalue weighted by molar-refractivity contribution is 7.03. The van der Waals surface area contributed by atoms with E-state index in [1.165, 1.54) is 22.4 Å². The largest absolute Gasteiger partial charge is 0.494 e. The maximum atomic E-state index is 13.0. The van der Waals surface area contributed by atoms with E-state index in [0.717, 1.165) is 29.9 Å². The van der Waals surface area contributed by atoms with Crippen LogP contribution in [0.3, 0.4) is 0 Å². The molecule has 0 aliphatic carbocycles. The van der Waals surface area contributed by atoms with E-state index in [4.69, 9.17) is 4.74 Å². The zero-order valence-corrected chi connectivity index (χ0v) is 17.9. The molecule has 7 nitrogen and oxygen atoms in total. The van der Waals surface area contributed by atoms with Crippen molar-refractivity contribution in [1.29, 1.82) is 0 Å². The van der Waals surface area contributed by atoms with Crippen LogP contribution in [-0.4, -0.2) is 34.6 Å². The van der Waals surface area contributed by atoms with Crippen molar-refractivity contribution in [3.05, 3.63) is 71.0 Å². The van der Waals surface area contributed by atoms with Crippen LogP contribution in [0.4, 0.5) is 10.1 Å². The summed E-state index contributed by atoms with van der Waals surface area (Å²) in [6.45, 7) is 2.73. The van der Waals surface area contributed by atoms with E-state index < -0.39 is 5.91 Å². The predicted octanol–water partition coefficient (Wildman–Crippen LogP) is 3.82. The minimum absolute atomic E-state index is 0.166. The normalized spacial score (nSPS) is 10.5. The Morgan fingerprint density at radius 1 is 1.13 bits per heavy atom. The Hall–Kier alpha value is -3.33. The summed E-state index contributed by atoms with van der Waals surface area (Å²) in [7, 11) is 0. The summed E-state index contributed by atoms with van der Waals surface area (Å²) in [6, 6.07) is 12.8. The number of carbonyl (C=O) groups is 2. The first kappa shape index (κ1) is 22.4. The number of benzene rings is 2. The molecule has 0 aliphatic rings. The summed E-state index contributed by atoms with van der Waals surface area (Å²) in [5, 5.41) is 8.11. The van der Waals surface area contributed by atoms with Gasteiger partial charge in [0.25, 0.3) is 5.91 Å². The van der Waals surface area contributed by atoms with Crippen molar-refractivity contribution < 1.29 is 18.7 Å². The Morgan fingerprint density at radius 2 is 1.87 bits per heavy atom. The second kappa shape index (κ2) is 11.2. The van der Waals surface area contributed by atoms with Crippen molar-refractivity contribution in [3.63, 3.8) is 0 Å². The van der Waals surface area contributed by atoms with Crippen LogP contribution in [-0.2, 0) is 11.3 Å². The number of nitrogens with zero attached hydrogens (tertiary/aromatic N) is 3. The third-order valence-corrected chi connectivity index (χ3v) is 4.95. The Bertz CT molecular complexity index is 979. The number of carbonyl (C=O) groups excluding carboxylic acids is 2. The lowest BCUT2D eigenvalue weighted by Gasteiger charge is -2.21. The highest BCUT2D eigenvalue weighted by Gasteiger charge is 2.23. The molecule has 0 atom stereocenters. The molecule has 2 amide bonds. The highest BCUT2D eigenvalue weighted by Crippen LogP contribution is 2.21. The number of nitrogens with one attached hydrogen (secondary N) is 1. The molecule has 1 N–H and O–H groups in total. The van der Waals surface area contributed by atoms with Gasteiger partial charge in [0.15, 0.2) is 5.69 Å². The molecule has 0 bridgehead atoms. The van der Waals surface area contributed by atoms with Crippen LogP contribution >= 0.6 is 11.5 Å². The van der Waals surface area contributed by atoms with Gasteiger partial charge in [-0.05, 0) is 59.9 Å². The topological polar surface area (TPSA) is 84.4 Å². The van der Waals surface area contributed by atoms with E-state index in [-0.39, 0.29) is 30.5 Å². The SMILES string of the molecule is CCCCOc1ccc(N(CC(=O)NCc2ccc(F)cc2)C(=O)c2csnn2)cc1. The number of rotatable bonds is 10. The lowest BCUT2D eigenvalue weighted by molar-refractivity contribution is -0.119. The number of unbranched alkanes of at least 4 members (excludes halogenated alkanes) is 1. The number of amides is 2. The van der Waals surface area contributed by atoms with Gasteiger partial charge in [0.2, 0.25) is 5.91 Å². The predicted molar refractivity (Wildman–Crippen MR) is 117 cm³/mol. The Morgan fingerprint density at radius 3 is 2.52 bits per heavy atom. The maximum Gasteiger partial charge on any atom is 0.280 e. The molecule has 0 radical (unpaired) electrons. The van der Waals surface area contributed by atoms with Crippen LogP contribution in [0.5, 0.6) is 5.75 Å². The molecule has 0 fully saturated rings. The van der Waals surface area contributed by atoms with Crippen molar-refractivity contribution in [2.75, 3.05) is 18.1 Å². The summed E-state index contributed by atoms with van der Waals surface area (Å²) in [4.78, 5) is 26.8. The summed E-state index contributed by atoms with van der Waals surface area (Å²) >= 11 is 1.06. The standard InChI is InChI=1S/C22H23FN4O3S/c1-2-3-12-30-19-10-8-18(9-11-19)27(22(29)20-15-31-26-25-20)14-21(28)24-13-16-4-6-17(23)7-5-16/h4-11,15H,2-3,12-14H2,1H3,(H,24,28). The minimum Gasteiger partial charge on any atom is -0.494 e. The maximum absolute atomic E-state index is 13.0. The first-order chi connectivity index (χ1) is 15.1. The second-order valence-corrected chi connectivity index (χ2v) is 7.39. The second-order valence-electron chi connectivity index (χ2n) is 6.78. The molecule has 0 aliphatic heterocycles. The van der Waals surface area contributed by atoms with Gasteiger partial charge in [0.05, 0.1) is 6.61 Å². The van der Waals surface area contributed by atoms with Gasteiger partial charge in [-0.2, -0.15) is 0 Å². The Kier molecular flexibility index (Phi) is 8.05. The van der Waals surface area contributed by atoms with Crippen molar-refractivity contribution in [2.45, 2.75) is 26.3 Å². The molecule has 1 heterocycles. The molecular weight excluding hydrogens is 419 g/mol. The average Bonchev–Trinajstić information content (AvgIpc) is 3.32. The zero-order chi connectivity index (χ0) is 22.1. The molecule has 31 heavy (non-hydrogen) atoms. The van der Waals surface area contributed by atoms with Crippen LogP contribution < -0.4 is 15.0 Å². The average molecular weight is 443 g/mol. The Labute approximate surface area is 184 Å². The molecule has 0 unspecified atom stereocenters. The van der Waals surface area contributed by atoms with Gasteiger partial charge in [-0.3, -0.25) is 14.5 Å². The molecule has 3 aromatic rings. The van der Waals surface area contributed by atoms with E-state index in [1.807, 2.05) is 0 Å². The van der Waals surface area contributed by atoms with Gasteiger partial charge in [-0.1, -0.05) is 30.0 Å². The number of halogens is 1. The van der Waals surface area contributed by atoms with Crippen molar-refractivity contribution >= 4 is 29.0 Å². The van der Waals surface area contributed by atoms with E-state index in [1.54, 1.807) is 36.4 Å². The van der Waals surface area contributed by atoms with Crippen LogP contribution in [0.1, 0.15) is 35.8 Å². The monoisotopic (exact) mass is 442 g/mol. The van der Waals surface area contributed by atoms with Gasteiger partial charge in [0, 0.05) is 17.6 Å². The number of hydrogen-bond acceptors (Lipinski definition) is 6. The third-order valence-electron chi connectivity index (χ3n) is 4.44. The van der Waals surface area contributed by atoms with Gasteiger partial charge in [0.1, 0.15) is 18.1 Å². The number of aromatic nitrogens is 2. The summed E-state index contributed by atoms with van der Waals surface area (Å²) in [5.74, 6) is -0.430. The van der Waals surface area contributed by atoms with Gasteiger partial charge < -0.3 is 10.1 Å². The number of hydrogen-bond donors (Lipinski definition) is 1. The van der Waals surface area contributed by atoms with Gasteiger partial charge >= 0.3 is 0 Å². The van der Waals surface area contributed by atoms with Crippen LogP contribution in [0.15, 0.2) is 53.9 Å². The molecule has 0 spiro atoms. The van der Waals surface area contributed by atoms with Gasteiger partial charge in [-0.25, -0.2) is 4.39 Å². The zero-order valence-electron chi connectivity index (χ0n) is 17.1. The van der Waals surface area contributed by atoms with Crippen molar-refractivity contribution in [2.24, 2.45) is 0 Å². The summed E-state index contributed by atoms with van der Waals surface area (Å²) < 4.78 is 22.4. The summed E-state index contributed by atoms with van der Waals surface area (Å²) in [5.41, 5.74) is 1.46. The highest BCUT2D eigenvalue weighted by atomic mass is 32.1. The fraction of sp³-hybridized carbons (Fsp3) is 0.273. The fourth-order valence-corrected chi connectivity index (χ4v) is 3.17. The fourth-order valence-electron chi connectivity index (χ4n) is 2.74. The lowest BCUT2D eigenvalue weighted by Crippen LogP contribution is -2.40. The van der Waals surface area contributed by atoms with Gasteiger partial charge in [-0.15, -0.1) is 5.10 Å². The molecule has 3 rings (SSSR count). The first-order valence-electron chi connectivity index (χ1n) is 9.89. The summed E-state index contributed by atoms with van der Waals surface area (Å²) in [6.07, 6.45) is 1.99.